The van der Waals surface area contributed by atoms with E-state index in [9.17, 15) is 4.79 Å². The summed E-state index contributed by atoms with van der Waals surface area (Å²) in [5.41, 5.74) is 2.57. The van der Waals surface area contributed by atoms with Crippen LogP contribution < -0.4 is 0 Å². The number of allylic oxidation sites excluding steroid dienone is 1. The molecule has 0 unspecified atom stereocenters. The lowest BCUT2D eigenvalue weighted by Gasteiger charge is -2.47. The minimum atomic E-state index is 0.313. The molecule has 2 aliphatic rings. The fourth-order valence-electron chi connectivity index (χ4n) is 3.91. The molecule has 0 bridgehead atoms. The number of hydrogen-bond donors (Lipinski definition) is 0. The molecule has 3 rings (SSSR count). The van der Waals surface area contributed by atoms with Gasteiger partial charge >= 0.3 is 0 Å². The van der Waals surface area contributed by atoms with Crippen LogP contribution in [0.15, 0.2) is 36.2 Å². The summed E-state index contributed by atoms with van der Waals surface area (Å²) in [6.07, 6.45) is 8.68. The fourth-order valence-corrected chi connectivity index (χ4v) is 3.91. The molecular weight excluding hydrogens is 286 g/mol. The fraction of sp³-hybridized carbons (Fsp3) is 0.579. The SMILES string of the molecule is C/C=C(\C)CN1CC[C@H]2[C@H](CCC(=O)N2Cc2cccnc2)C1. The van der Waals surface area contributed by atoms with Crippen LogP contribution in [0.3, 0.4) is 0 Å². The average Bonchev–Trinajstić information content (AvgIpc) is 2.58. The van der Waals surface area contributed by atoms with E-state index in [4.69, 9.17) is 0 Å². The van der Waals surface area contributed by atoms with Crippen molar-refractivity contribution in [1.82, 2.24) is 14.8 Å². The third-order valence-electron chi connectivity index (χ3n) is 5.27. The number of piperidine rings is 2. The summed E-state index contributed by atoms with van der Waals surface area (Å²) < 4.78 is 0. The largest absolute Gasteiger partial charge is 0.335 e. The Hall–Kier alpha value is -1.68. The first-order valence-electron chi connectivity index (χ1n) is 8.70. The van der Waals surface area contributed by atoms with Gasteiger partial charge in [-0.3, -0.25) is 14.7 Å². The van der Waals surface area contributed by atoms with E-state index in [-0.39, 0.29) is 0 Å². The van der Waals surface area contributed by atoms with Gasteiger partial charge in [0, 0.05) is 51.0 Å². The van der Waals surface area contributed by atoms with Crippen LogP contribution in [0.2, 0.25) is 0 Å². The Morgan fingerprint density at radius 2 is 2.30 bits per heavy atom. The zero-order valence-corrected chi connectivity index (χ0v) is 14.2. The number of nitrogens with zero attached hydrogens (tertiary/aromatic N) is 3. The lowest BCUT2D eigenvalue weighted by Crippen LogP contribution is -2.55. The molecule has 2 fully saturated rings. The number of carbonyl (C=O) groups is 1. The summed E-state index contributed by atoms with van der Waals surface area (Å²) in [5, 5.41) is 0. The smallest absolute Gasteiger partial charge is 0.223 e. The first-order chi connectivity index (χ1) is 11.2. The first-order valence-corrected chi connectivity index (χ1v) is 8.70. The van der Waals surface area contributed by atoms with Gasteiger partial charge in [-0.15, -0.1) is 0 Å². The van der Waals surface area contributed by atoms with Gasteiger partial charge in [0.15, 0.2) is 0 Å². The van der Waals surface area contributed by atoms with Crippen LogP contribution in [0.1, 0.15) is 38.7 Å². The van der Waals surface area contributed by atoms with E-state index >= 15 is 0 Å². The number of fused-ring (bicyclic) bond motifs is 1. The number of rotatable bonds is 4. The third kappa shape index (κ3) is 3.81. The average molecular weight is 313 g/mol. The van der Waals surface area contributed by atoms with Crippen molar-refractivity contribution in [2.75, 3.05) is 19.6 Å². The molecule has 1 aromatic rings. The van der Waals surface area contributed by atoms with E-state index < -0.39 is 0 Å². The number of hydrogen-bond acceptors (Lipinski definition) is 3. The molecule has 2 atom stereocenters. The summed E-state index contributed by atoms with van der Waals surface area (Å²) in [4.78, 5) is 21.3. The summed E-state index contributed by atoms with van der Waals surface area (Å²) in [6, 6.07) is 4.41. The Balaban J connectivity index is 1.67. The first kappa shape index (κ1) is 16.2. The van der Waals surface area contributed by atoms with Crippen molar-refractivity contribution in [1.29, 1.82) is 0 Å². The van der Waals surface area contributed by atoms with Crippen LogP contribution in [-0.4, -0.2) is 46.4 Å². The van der Waals surface area contributed by atoms with E-state index in [1.54, 1.807) is 6.20 Å². The topological polar surface area (TPSA) is 36.4 Å². The molecule has 3 heterocycles. The maximum atomic E-state index is 12.4. The van der Waals surface area contributed by atoms with Crippen LogP contribution >= 0.6 is 0 Å². The van der Waals surface area contributed by atoms with Gasteiger partial charge in [0.1, 0.15) is 0 Å². The lowest BCUT2D eigenvalue weighted by molar-refractivity contribution is -0.142. The number of aromatic nitrogens is 1. The second-order valence-electron chi connectivity index (χ2n) is 6.91. The van der Waals surface area contributed by atoms with Crippen LogP contribution in [-0.2, 0) is 11.3 Å². The zero-order valence-electron chi connectivity index (χ0n) is 14.2. The second kappa shape index (κ2) is 7.26. The molecule has 0 N–H and O–H groups in total. The highest BCUT2D eigenvalue weighted by Crippen LogP contribution is 2.32. The molecule has 0 aliphatic carbocycles. The molecule has 4 heteroatoms. The lowest BCUT2D eigenvalue weighted by atomic mass is 9.83. The van der Waals surface area contributed by atoms with Gasteiger partial charge in [0.2, 0.25) is 5.91 Å². The minimum absolute atomic E-state index is 0.313. The molecule has 0 radical (unpaired) electrons. The van der Waals surface area contributed by atoms with Crippen LogP contribution in [0.25, 0.3) is 0 Å². The highest BCUT2D eigenvalue weighted by molar-refractivity contribution is 5.77. The summed E-state index contributed by atoms with van der Waals surface area (Å²) in [6.45, 7) is 8.29. The molecule has 124 valence electrons. The van der Waals surface area contributed by atoms with Gasteiger partial charge in [-0.2, -0.15) is 0 Å². The minimum Gasteiger partial charge on any atom is -0.335 e. The summed E-state index contributed by atoms with van der Waals surface area (Å²) >= 11 is 0. The Kier molecular flexibility index (Phi) is 5.11. The van der Waals surface area contributed by atoms with Crippen LogP contribution in [0, 0.1) is 5.92 Å². The molecule has 0 saturated carbocycles. The predicted molar refractivity (Wildman–Crippen MR) is 91.8 cm³/mol. The Morgan fingerprint density at radius 1 is 1.43 bits per heavy atom. The van der Waals surface area contributed by atoms with Crippen molar-refractivity contribution in [3.05, 3.63) is 41.7 Å². The van der Waals surface area contributed by atoms with Gasteiger partial charge in [0.25, 0.3) is 0 Å². The standard InChI is InChI=1S/C19H27N3O/c1-3-15(2)12-21-10-8-18-17(14-21)6-7-19(23)22(18)13-16-5-4-9-20-11-16/h3-5,9,11,17-18H,6-8,10,12-14H2,1-2H3/b15-3+/t17-,18+/m1/s1. The van der Waals surface area contributed by atoms with Crippen LogP contribution in [0.4, 0.5) is 0 Å². The van der Waals surface area contributed by atoms with E-state index in [1.807, 2.05) is 12.3 Å². The molecule has 1 aromatic heterocycles. The highest BCUT2D eigenvalue weighted by Gasteiger charge is 2.39. The maximum absolute atomic E-state index is 12.4. The van der Waals surface area contributed by atoms with Crippen LogP contribution in [0.5, 0.6) is 0 Å². The molecule has 1 amide bonds. The zero-order chi connectivity index (χ0) is 16.2. The molecule has 0 spiro atoms. The number of likely N-dealkylation sites (tertiary alicyclic amines) is 2. The quantitative estimate of drug-likeness (QED) is 0.802. The Labute approximate surface area is 139 Å². The molecular formula is C19H27N3O. The van der Waals surface area contributed by atoms with E-state index in [2.05, 4.69) is 40.8 Å². The summed E-state index contributed by atoms with van der Waals surface area (Å²) in [7, 11) is 0. The van der Waals surface area contributed by atoms with Gasteiger partial charge in [-0.05, 0) is 44.2 Å². The van der Waals surface area contributed by atoms with Crippen molar-refractivity contribution in [2.45, 2.75) is 45.7 Å². The van der Waals surface area contributed by atoms with Gasteiger partial charge in [-0.1, -0.05) is 17.7 Å². The molecule has 4 nitrogen and oxygen atoms in total. The normalized spacial score (nSPS) is 26.3. The number of carbonyl (C=O) groups excluding carboxylic acids is 1. The van der Waals surface area contributed by atoms with Crippen molar-refractivity contribution in [3.63, 3.8) is 0 Å². The Bertz CT molecular complexity index is 569. The monoisotopic (exact) mass is 313 g/mol. The number of amides is 1. The van der Waals surface area contributed by atoms with E-state index in [1.165, 1.54) is 5.57 Å². The third-order valence-corrected chi connectivity index (χ3v) is 5.27. The van der Waals surface area contributed by atoms with Crippen molar-refractivity contribution >= 4 is 5.91 Å². The molecule has 2 aliphatic heterocycles. The molecule has 2 saturated heterocycles. The van der Waals surface area contributed by atoms with Gasteiger partial charge in [-0.25, -0.2) is 0 Å². The second-order valence-corrected chi connectivity index (χ2v) is 6.91. The molecule has 0 aromatic carbocycles. The van der Waals surface area contributed by atoms with Gasteiger partial charge in [0.05, 0.1) is 0 Å². The highest BCUT2D eigenvalue weighted by atomic mass is 16.2. The molecule has 23 heavy (non-hydrogen) atoms. The van der Waals surface area contributed by atoms with E-state index in [0.29, 0.717) is 30.8 Å². The van der Waals surface area contributed by atoms with E-state index in [0.717, 1.165) is 38.0 Å². The Morgan fingerprint density at radius 3 is 3.04 bits per heavy atom. The van der Waals surface area contributed by atoms with Crippen molar-refractivity contribution < 1.29 is 4.79 Å². The number of pyridine rings is 1. The predicted octanol–water partition coefficient (Wildman–Crippen LogP) is 2.86. The summed E-state index contributed by atoms with van der Waals surface area (Å²) in [5.74, 6) is 0.927. The van der Waals surface area contributed by atoms with Gasteiger partial charge < -0.3 is 4.90 Å². The van der Waals surface area contributed by atoms with Crippen molar-refractivity contribution in [3.8, 4) is 0 Å². The maximum Gasteiger partial charge on any atom is 0.223 e. The van der Waals surface area contributed by atoms with Crippen molar-refractivity contribution in [2.24, 2.45) is 5.92 Å².